The van der Waals surface area contributed by atoms with Gasteiger partial charge in [0, 0.05) is 17.6 Å². The molecular weight excluding hydrogens is 330 g/mol. The van der Waals surface area contributed by atoms with Crippen LogP contribution < -0.4 is 10.2 Å². The Morgan fingerprint density at radius 2 is 2.22 bits per heavy atom. The first kappa shape index (κ1) is 15.6. The number of hydrogen-bond donors (Lipinski definition) is 1. The van der Waals surface area contributed by atoms with Gasteiger partial charge in [0.25, 0.3) is 5.91 Å². The largest absolute Gasteiger partial charge is 0.352 e. The topological polar surface area (TPSA) is 71.0 Å². The van der Waals surface area contributed by atoms with Crippen LogP contribution in [0.5, 0.6) is 0 Å². The van der Waals surface area contributed by atoms with Gasteiger partial charge < -0.3 is 4.90 Å². The van der Waals surface area contributed by atoms with E-state index in [0.29, 0.717) is 10.7 Å². The molecule has 1 amide bonds. The average Bonchev–Trinajstić information content (AvgIpc) is 3.26. The minimum Gasteiger partial charge on any atom is -0.352 e. The van der Waals surface area contributed by atoms with Crippen molar-refractivity contribution in [3.8, 4) is 0 Å². The molecule has 0 radical (unpaired) electrons. The zero-order valence-electron chi connectivity index (χ0n) is 12.5. The van der Waals surface area contributed by atoms with Crippen LogP contribution in [0.25, 0.3) is 0 Å². The number of carbonyl (C=O) groups is 1. The van der Waals surface area contributed by atoms with Gasteiger partial charge in [-0.25, -0.2) is 4.98 Å². The maximum absolute atomic E-state index is 12.1. The molecule has 0 saturated carbocycles. The zero-order chi connectivity index (χ0) is 16.1. The maximum atomic E-state index is 12.1. The van der Waals surface area contributed by atoms with Crippen LogP contribution in [-0.4, -0.2) is 27.6 Å². The third-order valence-corrected chi connectivity index (χ3v) is 4.69. The Bertz CT molecular complexity index is 741. The van der Waals surface area contributed by atoms with Crippen LogP contribution in [0, 0.1) is 0 Å². The van der Waals surface area contributed by atoms with Gasteiger partial charge >= 0.3 is 0 Å². The maximum Gasteiger partial charge on any atom is 0.259 e. The Hall–Kier alpha value is -2.32. The fourth-order valence-electron chi connectivity index (χ4n) is 2.05. The summed E-state index contributed by atoms with van der Waals surface area (Å²) in [6.07, 6.45) is 1.59. The first-order valence-electron chi connectivity index (χ1n) is 7.07. The van der Waals surface area contributed by atoms with Crippen molar-refractivity contribution in [2.75, 3.05) is 16.8 Å². The Morgan fingerprint density at radius 3 is 2.83 bits per heavy atom. The summed E-state index contributed by atoms with van der Waals surface area (Å²) in [5, 5.41) is 12.7. The van der Waals surface area contributed by atoms with Crippen molar-refractivity contribution in [1.29, 1.82) is 0 Å². The second-order valence-corrected chi connectivity index (χ2v) is 6.56. The number of carbonyl (C=O) groups excluding carboxylic acids is 1. The number of rotatable bonds is 6. The lowest BCUT2D eigenvalue weighted by Crippen LogP contribution is -2.22. The molecule has 6 nitrogen and oxygen atoms in total. The van der Waals surface area contributed by atoms with E-state index in [2.05, 4.69) is 43.8 Å². The van der Waals surface area contributed by atoms with Crippen molar-refractivity contribution >= 4 is 39.5 Å². The second kappa shape index (κ2) is 7.30. The number of anilines is 2. The van der Waals surface area contributed by atoms with Crippen LogP contribution in [0.3, 0.4) is 0 Å². The predicted octanol–water partition coefficient (Wildman–Crippen LogP) is 3.27. The molecule has 0 bridgehead atoms. The smallest absolute Gasteiger partial charge is 0.259 e. The highest BCUT2D eigenvalue weighted by Crippen LogP contribution is 2.18. The highest BCUT2D eigenvalue weighted by molar-refractivity contribution is 7.13. The summed E-state index contributed by atoms with van der Waals surface area (Å²) >= 11 is 3.00. The Morgan fingerprint density at radius 1 is 1.30 bits per heavy atom. The summed E-state index contributed by atoms with van der Waals surface area (Å²) in [5.41, 5.74) is 2.07. The number of aromatic nitrogens is 3. The number of thiophene rings is 1. The van der Waals surface area contributed by atoms with E-state index in [1.165, 1.54) is 16.2 Å². The third-order valence-electron chi connectivity index (χ3n) is 3.22. The SMILES string of the molecule is CCN(Cc1cccs1)c1ccc(C(=O)Nc2nncs2)cn1. The first-order chi connectivity index (χ1) is 11.3. The summed E-state index contributed by atoms with van der Waals surface area (Å²) in [7, 11) is 0. The van der Waals surface area contributed by atoms with E-state index >= 15 is 0 Å². The fraction of sp³-hybridized carbons (Fsp3) is 0.200. The molecule has 0 fully saturated rings. The molecule has 0 spiro atoms. The molecule has 8 heteroatoms. The van der Waals surface area contributed by atoms with Gasteiger partial charge in [0.2, 0.25) is 5.13 Å². The second-order valence-electron chi connectivity index (χ2n) is 4.70. The molecule has 0 aliphatic rings. The minimum absolute atomic E-state index is 0.234. The summed E-state index contributed by atoms with van der Waals surface area (Å²) in [4.78, 5) is 20.0. The summed E-state index contributed by atoms with van der Waals surface area (Å²) < 4.78 is 0. The van der Waals surface area contributed by atoms with E-state index in [4.69, 9.17) is 0 Å². The van der Waals surface area contributed by atoms with Crippen molar-refractivity contribution in [1.82, 2.24) is 15.2 Å². The van der Waals surface area contributed by atoms with Crippen molar-refractivity contribution in [2.24, 2.45) is 0 Å². The molecule has 3 aromatic heterocycles. The van der Waals surface area contributed by atoms with Gasteiger partial charge in [-0.05, 0) is 30.5 Å². The molecule has 1 N–H and O–H groups in total. The van der Waals surface area contributed by atoms with Crippen LogP contribution in [-0.2, 0) is 6.54 Å². The molecule has 0 unspecified atom stereocenters. The van der Waals surface area contributed by atoms with E-state index < -0.39 is 0 Å². The molecule has 3 heterocycles. The Kier molecular flexibility index (Phi) is 4.94. The van der Waals surface area contributed by atoms with Crippen molar-refractivity contribution in [2.45, 2.75) is 13.5 Å². The molecule has 23 heavy (non-hydrogen) atoms. The summed E-state index contributed by atoms with van der Waals surface area (Å²) in [6.45, 7) is 3.75. The van der Waals surface area contributed by atoms with E-state index in [0.717, 1.165) is 18.9 Å². The fourth-order valence-corrected chi connectivity index (χ4v) is 3.21. The van der Waals surface area contributed by atoms with Crippen LogP contribution in [0.1, 0.15) is 22.2 Å². The molecule has 0 aromatic carbocycles. The van der Waals surface area contributed by atoms with Crippen molar-refractivity contribution in [3.05, 3.63) is 51.8 Å². The van der Waals surface area contributed by atoms with Gasteiger partial charge in [0.05, 0.1) is 12.1 Å². The third kappa shape index (κ3) is 3.91. The lowest BCUT2D eigenvalue weighted by Gasteiger charge is -2.21. The van der Waals surface area contributed by atoms with Crippen LogP contribution >= 0.6 is 22.7 Å². The van der Waals surface area contributed by atoms with Gasteiger partial charge in [0.15, 0.2) is 0 Å². The van der Waals surface area contributed by atoms with Gasteiger partial charge in [-0.15, -0.1) is 21.5 Å². The number of nitrogens with zero attached hydrogens (tertiary/aromatic N) is 4. The van der Waals surface area contributed by atoms with E-state index in [1.807, 2.05) is 12.1 Å². The Labute approximate surface area is 141 Å². The molecule has 0 atom stereocenters. The molecule has 3 aromatic rings. The lowest BCUT2D eigenvalue weighted by molar-refractivity contribution is 0.102. The van der Waals surface area contributed by atoms with Crippen LogP contribution in [0.15, 0.2) is 41.4 Å². The first-order valence-corrected chi connectivity index (χ1v) is 8.83. The number of hydrogen-bond acceptors (Lipinski definition) is 7. The molecule has 0 aliphatic carbocycles. The Balaban J connectivity index is 1.69. The normalized spacial score (nSPS) is 10.5. The molecular formula is C15H15N5OS2. The standard InChI is InChI=1S/C15H15N5OS2/c1-2-20(9-12-4-3-7-22-12)13-6-5-11(8-16-13)14(21)18-15-19-17-10-23-15/h3-8,10H,2,9H2,1H3,(H,18,19,21). The van der Waals surface area contributed by atoms with Crippen molar-refractivity contribution < 1.29 is 4.79 Å². The van der Waals surface area contributed by atoms with Gasteiger partial charge in [-0.3, -0.25) is 10.1 Å². The van der Waals surface area contributed by atoms with Gasteiger partial charge in [-0.2, -0.15) is 0 Å². The summed E-state index contributed by atoms with van der Waals surface area (Å²) in [6, 6.07) is 7.79. The number of pyridine rings is 1. The molecule has 118 valence electrons. The molecule has 3 rings (SSSR count). The monoisotopic (exact) mass is 345 g/mol. The van der Waals surface area contributed by atoms with Crippen molar-refractivity contribution in [3.63, 3.8) is 0 Å². The van der Waals surface area contributed by atoms with E-state index in [1.54, 1.807) is 29.1 Å². The van der Waals surface area contributed by atoms with Gasteiger partial charge in [-0.1, -0.05) is 17.4 Å². The van der Waals surface area contributed by atoms with E-state index in [-0.39, 0.29) is 5.91 Å². The highest BCUT2D eigenvalue weighted by Gasteiger charge is 2.11. The zero-order valence-corrected chi connectivity index (χ0v) is 14.1. The minimum atomic E-state index is -0.234. The molecule has 0 aliphatic heterocycles. The quantitative estimate of drug-likeness (QED) is 0.742. The number of nitrogens with one attached hydrogen (secondary N) is 1. The van der Waals surface area contributed by atoms with E-state index in [9.17, 15) is 4.79 Å². The van der Waals surface area contributed by atoms with Gasteiger partial charge in [0.1, 0.15) is 11.3 Å². The molecule has 0 saturated heterocycles. The van der Waals surface area contributed by atoms with Crippen LogP contribution in [0.4, 0.5) is 10.9 Å². The lowest BCUT2D eigenvalue weighted by atomic mass is 10.2. The number of amides is 1. The van der Waals surface area contributed by atoms with Crippen LogP contribution in [0.2, 0.25) is 0 Å². The highest BCUT2D eigenvalue weighted by atomic mass is 32.1. The summed E-state index contributed by atoms with van der Waals surface area (Å²) in [5.74, 6) is 0.621. The predicted molar refractivity (Wildman–Crippen MR) is 93.1 cm³/mol. The average molecular weight is 345 g/mol.